The third-order valence-corrected chi connectivity index (χ3v) is 5.36. The molecule has 0 spiro atoms. The van der Waals surface area contributed by atoms with Crippen molar-refractivity contribution in [3.8, 4) is 0 Å². The second kappa shape index (κ2) is 13.5. The Hall–Kier alpha value is -2.94. The van der Waals surface area contributed by atoms with Gasteiger partial charge >= 0.3 is 12.1 Å². The highest BCUT2D eigenvalue weighted by atomic mass is 16.5. The van der Waals surface area contributed by atoms with E-state index in [1.54, 1.807) is 6.92 Å². The molecule has 1 fully saturated rings. The lowest BCUT2D eigenvalue weighted by Gasteiger charge is -2.20. The van der Waals surface area contributed by atoms with E-state index in [-0.39, 0.29) is 43.7 Å². The Labute approximate surface area is 188 Å². The molecule has 0 aromatic heterocycles. The molecule has 1 saturated heterocycles. The lowest BCUT2D eigenvalue weighted by Crippen LogP contribution is -2.45. The van der Waals surface area contributed by atoms with Crippen LogP contribution in [0, 0.1) is 5.92 Å². The van der Waals surface area contributed by atoms with Crippen LogP contribution < -0.4 is 16.0 Å². The van der Waals surface area contributed by atoms with Crippen molar-refractivity contribution in [2.24, 2.45) is 5.92 Å². The molecule has 176 valence electrons. The van der Waals surface area contributed by atoms with Gasteiger partial charge < -0.3 is 25.4 Å². The lowest BCUT2D eigenvalue weighted by atomic mass is 9.98. The monoisotopic (exact) mass is 447 g/mol. The van der Waals surface area contributed by atoms with Crippen molar-refractivity contribution in [2.45, 2.75) is 57.7 Å². The summed E-state index contributed by atoms with van der Waals surface area (Å²) in [5.74, 6) is -1.48. The van der Waals surface area contributed by atoms with Crippen molar-refractivity contribution >= 4 is 23.8 Å². The van der Waals surface area contributed by atoms with Crippen LogP contribution in [0.15, 0.2) is 30.3 Å². The fraction of sp³-hybridized carbons (Fsp3) is 0.565. The van der Waals surface area contributed by atoms with E-state index in [1.807, 2.05) is 30.3 Å². The van der Waals surface area contributed by atoms with Gasteiger partial charge in [0.2, 0.25) is 5.91 Å². The van der Waals surface area contributed by atoms with Crippen LogP contribution >= 0.6 is 0 Å². The minimum absolute atomic E-state index is 0.0120. The average molecular weight is 448 g/mol. The first-order valence-corrected chi connectivity index (χ1v) is 11.0. The molecule has 0 radical (unpaired) electrons. The molecule has 1 aliphatic rings. The number of esters is 1. The number of hydrogen-bond donors (Lipinski definition) is 3. The number of ketones is 1. The van der Waals surface area contributed by atoms with E-state index in [4.69, 9.17) is 9.47 Å². The van der Waals surface area contributed by atoms with Gasteiger partial charge in [-0.1, -0.05) is 37.3 Å². The van der Waals surface area contributed by atoms with Crippen molar-refractivity contribution in [1.82, 2.24) is 16.0 Å². The first-order valence-electron chi connectivity index (χ1n) is 11.0. The number of alkyl carbamates (subject to hydrolysis) is 1. The van der Waals surface area contributed by atoms with E-state index in [0.29, 0.717) is 6.42 Å². The number of Topliss-reactive ketones (excluding diaryl/α,β-unsaturated/α-hetero) is 1. The van der Waals surface area contributed by atoms with Gasteiger partial charge in [0, 0.05) is 18.9 Å². The minimum atomic E-state index is -0.850. The predicted molar refractivity (Wildman–Crippen MR) is 118 cm³/mol. The summed E-state index contributed by atoms with van der Waals surface area (Å²) in [5.41, 5.74) is 0.882. The summed E-state index contributed by atoms with van der Waals surface area (Å²) in [5, 5.41) is 8.42. The Morgan fingerprint density at radius 3 is 2.59 bits per heavy atom. The summed E-state index contributed by atoms with van der Waals surface area (Å²) < 4.78 is 9.91. The van der Waals surface area contributed by atoms with Gasteiger partial charge in [0.1, 0.15) is 12.6 Å². The zero-order valence-corrected chi connectivity index (χ0v) is 18.7. The highest BCUT2D eigenvalue weighted by molar-refractivity contribution is 5.91. The predicted octanol–water partition coefficient (Wildman–Crippen LogP) is 1.70. The van der Waals surface area contributed by atoms with Gasteiger partial charge in [-0.15, -0.1) is 0 Å². The number of carbonyl (C=O) groups excluding carboxylic acids is 4. The molecular weight excluding hydrogens is 414 g/mol. The van der Waals surface area contributed by atoms with Crippen LogP contribution in [0.1, 0.15) is 44.6 Å². The molecule has 32 heavy (non-hydrogen) atoms. The first-order chi connectivity index (χ1) is 15.4. The Morgan fingerprint density at radius 1 is 1.19 bits per heavy atom. The number of methoxy groups -OCH3 is 1. The lowest BCUT2D eigenvalue weighted by molar-refractivity contribution is -0.145. The summed E-state index contributed by atoms with van der Waals surface area (Å²) in [6.07, 6.45) is 2.02. The van der Waals surface area contributed by atoms with E-state index >= 15 is 0 Å². The Bertz CT molecular complexity index is 764. The van der Waals surface area contributed by atoms with Gasteiger partial charge in [-0.05, 0) is 37.8 Å². The molecule has 2 rings (SSSR count). The molecule has 0 unspecified atom stereocenters. The first kappa shape index (κ1) is 25.3. The van der Waals surface area contributed by atoms with E-state index < -0.39 is 24.0 Å². The Morgan fingerprint density at radius 2 is 1.94 bits per heavy atom. The minimum Gasteiger partial charge on any atom is -0.467 e. The number of amides is 2. The zero-order chi connectivity index (χ0) is 23.3. The molecule has 0 aliphatic carbocycles. The van der Waals surface area contributed by atoms with Crippen LogP contribution in [0.5, 0.6) is 0 Å². The molecule has 3 atom stereocenters. The third-order valence-electron chi connectivity index (χ3n) is 5.36. The smallest absolute Gasteiger partial charge is 0.407 e. The molecule has 1 heterocycles. The van der Waals surface area contributed by atoms with Crippen LogP contribution in [0.3, 0.4) is 0 Å². The topological polar surface area (TPSA) is 123 Å². The standard InChI is InChI=1S/C23H33N3O6/c1-16(14-20(27)18-10-6-12-24-18)21(28)26-19(22(29)31-2)11-7-13-25-23(30)32-15-17-8-4-3-5-9-17/h3-5,8-9,16,18-19,24H,6-7,10-15H2,1-2H3,(H,25,30)(H,26,28)/t16-,18+,19+/m1/s1. The SMILES string of the molecule is COC(=O)[C@H](CCCNC(=O)OCc1ccccc1)NC(=O)[C@H](C)CC(=O)[C@@H]1CCCN1. The molecule has 9 heteroatoms. The van der Waals surface area contributed by atoms with Crippen molar-refractivity contribution in [1.29, 1.82) is 0 Å². The normalized spacial score (nSPS) is 17.1. The third kappa shape index (κ3) is 8.66. The van der Waals surface area contributed by atoms with E-state index in [1.165, 1.54) is 7.11 Å². The van der Waals surface area contributed by atoms with Gasteiger partial charge in [0.25, 0.3) is 0 Å². The van der Waals surface area contributed by atoms with Crippen LogP contribution in [0.25, 0.3) is 0 Å². The number of rotatable bonds is 12. The highest BCUT2D eigenvalue weighted by Crippen LogP contribution is 2.13. The number of ether oxygens (including phenoxy) is 2. The maximum Gasteiger partial charge on any atom is 0.407 e. The van der Waals surface area contributed by atoms with Gasteiger partial charge in [-0.2, -0.15) is 0 Å². The number of hydrogen-bond acceptors (Lipinski definition) is 7. The largest absolute Gasteiger partial charge is 0.467 e. The van der Waals surface area contributed by atoms with E-state index in [9.17, 15) is 19.2 Å². The molecule has 1 aliphatic heterocycles. The summed E-state index contributed by atoms with van der Waals surface area (Å²) in [4.78, 5) is 48.6. The average Bonchev–Trinajstić information content (AvgIpc) is 3.35. The highest BCUT2D eigenvalue weighted by Gasteiger charge is 2.28. The van der Waals surface area contributed by atoms with Crippen LogP contribution in [0.4, 0.5) is 4.79 Å². The summed E-state index contributed by atoms with van der Waals surface area (Å²) in [6.45, 7) is 2.93. The summed E-state index contributed by atoms with van der Waals surface area (Å²) in [6, 6.07) is 8.28. The van der Waals surface area contributed by atoms with E-state index in [0.717, 1.165) is 24.9 Å². The van der Waals surface area contributed by atoms with Gasteiger partial charge in [-0.25, -0.2) is 9.59 Å². The van der Waals surface area contributed by atoms with E-state index in [2.05, 4.69) is 16.0 Å². The second-order valence-corrected chi connectivity index (χ2v) is 7.94. The van der Waals surface area contributed by atoms with Crippen LogP contribution in [0.2, 0.25) is 0 Å². The second-order valence-electron chi connectivity index (χ2n) is 7.94. The van der Waals surface area contributed by atoms with Gasteiger partial charge in [-0.3, -0.25) is 9.59 Å². The van der Waals surface area contributed by atoms with Crippen LogP contribution in [-0.4, -0.2) is 56.0 Å². The molecule has 9 nitrogen and oxygen atoms in total. The molecule has 3 N–H and O–H groups in total. The maximum atomic E-state index is 12.5. The van der Waals surface area contributed by atoms with Gasteiger partial charge in [0.05, 0.1) is 13.2 Å². The Balaban J connectivity index is 1.71. The Kier molecular flexibility index (Phi) is 10.7. The molecule has 1 aromatic rings. The molecule has 0 bridgehead atoms. The quantitative estimate of drug-likeness (QED) is 0.329. The van der Waals surface area contributed by atoms with Crippen molar-refractivity contribution in [3.05, 3.63) is 35.9 Å². The molecule has 2 amide bonds. The summed E-state index contributed by atoms with van der Waals surface area (Å²) in [7, 11) is 1.25. The van der Waals surface area contributed by atoms with Gasteiger partial charge in [0.15, 0.2) is 5.78 Å². The molecule has 1 aromatic carbocycles. The number of nitrogens with one attached hydrogen (secondary N) is 3. The zero-order valence-electron chi connectivity index (χ0n) is 18.7. The number of benzene rings is 1. The summed E-state index contributed by atoms with van der Waals surface area (Å²) >= 11 is 0. The van der Waals surface area contributed by atoms with Crippen LogP contribution in [-0.2, 0) is 30.5 Å². The van der Waals surface area contributed by atoms with Crippen molar-refractivity contribution < 1.29 is 28.7 Å². The van der Waals surface area contributed by atoms with Crippen molar-refractivity contribution in [3.63, 3.8) is 0 Å². The maximum absolute atomic E-state index is 12.5. The fourth-order valence-corrected chi connectivity index (χ4v) is 3.47. The van der Waals surface area contributed by atoms with Crippen molar-refractivity contribution in [2.75, 3.05) is 20.2 Å². The number of carbonyl (C=O) groups is 4. The molecule has 0 saturated carbocycles. The fourth-order valence-electron chi connectivity index (χ4n) is 3.47. The molecular formula is C23H33N3O6.